The molecule has 1 heterocycles. The average molecular weight is 384 g/mol. The zero-order valence-electron chi connectivity index (χ0n) is 16.2. The smallest absolute Gasteiger partial charge is 0.261 e. The first-order chi connectivity index (χ1) is 13.9. The van der Waals surface area contributed by atoms with Gasteiger partial charge in [-0.05, 0) is 55.3 Å². The monoisotopic (exact) mass is 384 g/mol. The zero-order chi connectivity index (χ0) is 20.5. The SMILES string of the molecule is Cc1ccc(NC(=O)c2cccc(CN3C(=O)c4ccccc4C3=O)c2)c(C)c1. The Morgan fingerprint density at radius 2 is 1.55 bits per heavy atom. The number of hydrogen-bond donors (Lipinski definition) is 1. The van der Waals surface area contributed by atoms with Crippen molar-refractivity contribution in [3.8, 4) is 0 Å². The second-order valence-electron chi connectivity index (χ2n) is 7.21. The number of hydrogen-bond acceptors (Lipinski definition) is 3. The summed E-state index contributed by atoms with van der Waals surface area (Å²) >= 11 is 0. The maximum Gasteiger partial charge on any atom is 0.261 e. The minimum absolute atomic E-state index is 0.122. The summed E-state index contributed by atoms with van der Waals surface area (Å²) < 4.78 is 0. The van der Waals surface area contributed by atoms with Crippen molar-refractivity contribution >= 4 is 23.4 Å². The Hall–Kier alpha value is -3.73. The molecule has 0 spiro atoms. The molecular weight excluding hydrogens is 364 g/mol. The highest BCUT2D eigenvalue weighted by Gasteiger charge is 2.34. The Morgan fingerprint density at radius 3 is 2.21 bits per heavy atom. The summed E-state index contributed by atoms with van der Waals surface area (Å²) in [7, 11) is 0. The van der Waals surface area contributed by atoms with Crippen LogP contribution in [0.15, 0.2) is 66.7 Å². The molecule has 1 aliphatic heterocycles. The van der Waals surface area contributed by atoms with E-state index in [1.807, 2.05) is 32.0 Å². The van der Waals surface area contributed by atoms with Gasteiger partial charge in [0.05, 0.1) is 17.7 Å². The van der Waals surface area contributed by atoms with Crippen molar-refractivity contribution in [2.75, 3.05) is 5.32 Å². The molecule has 3 amide bonds. The summed E-state index contributed by atoms with van der Waals surface area (Å²) in [5, 5.41) is 2.92. The van der Waals surface area contributed by atoms with Crippen LogP contribution < -0.4 is 5.32 Å². The first-order valence-electron chi connectivity index (χ1n) is 9.37. The minimum atomic E-state index is -0.310. The number of rotatable bonds is 4. The van der Waals surface area contributed by atoms with Crippen LogP contribution in [0.5, 0.6) is 0 Å². The van der Waals surface area contributed by atoms with E-state index in [1.54, 1.807) is 48.5 Å². The van der Waals surface area contributed by atoms with E-state index in [2.05, 4.69) is 5.32 Å². The first kappa shape index (κ1) is 18.6. The summed E-state index contributed by atoms with van der Waals surface area (Å²) in [4.78, 5) is 39.0. The Labute approximate surface area is 169 Å². The van der Waals surface area contributed by atoms with E-state index in [-0.39, 0.29) is 24.3 Å². The van der Waals surface area contributed by atoms with Crippen LogP contribution >= 0.6 is 0 Å². The topological polar surface area (TPSA) is 66.5 Å². The normalized spacial score (nSPS) is 12.8. The second-order valence-corrected chi connectivity index (χ2v) is 7.21. The van der Waals surface area contributed by atoms with Gasteiger partial charge in [-0.2, -0.15) is 0 Å². The molecule has 0 bridgehead atoms. The minimum Gasteiger partial charge on any atom is -0.322 e. The molecule has 29 heavy (non-hydrogen) atoms. The zero-order valence-corrected chi connectivity index (χ0v) is 16.2. The predicted octanol–water partition coefficient (Wildman–Crippen LogP) is 4.35. The predicted molar refractivity (Wildman–Crippen MR) is 111 cm³/mol. The Morgan fingerprint density at radius 1 is 0.862 bits per heavy atom. The van der Waals surface area contributed by atoms with Crippen LogP contribution in [-0.4, -0.2) is 22.6 Å². The molecule has 0 unspecified atom stereocenters. The van der Waals surface area contributed by atoms with Crippen LogP contribution in [0, 0.1) is 13.8 Å². The van der Waals surface area contributed by atoms with Gasteiger partial charge in [0.15, 0.2) is 0 Å². The number of benzene rings is 3. The Balaban J connectivity index is 1.53. The first-order valence-corrected chi connectivity index (χ1v) is 9.37. The van der Waals surface area contributed by atoms with Crippen molar-refractivity contribution in [2.24, 2.45) is 0 Å². The summed E-state index contributed by atoms with van der Waals surface area (Å²) in [6.07, 6.45) is 0. The van der Waals surface area contributed by atoms with Crippen LogP contribution in [0.3, 0.4) is 0 Å². The van der Waals surface area contributed by atoms with E-state index >= 15 is 0 Å². The van der Waals surface area contributed by atoms with E-state index in [0.29, 0.717) is 22.3 Å². The van der Waals surface area contributed by atoms with Crippen molar-refractivity contribution in [1.82, 2.24) is 4.90 Å². The number of carbonyl (C=O) groups excluding carboxylic acids is 3. The maximum atomic E-state index is 12.7. The van der Waals surface area contributed by atoms with Gasteiger partial charge in [0, 0.05) is 11.3 Å². The number of amides is 3. The highest BCUT2D eigenvalue weighted by atomic mass is 16.2. The molecule has 0 saturated heterocycles. The van der Waals surface area contributed by atoms with Crippen molar-refractivity contribution in [2.45, 2.75) is 20.4 Å². The van der Waals surface area contributed by atoms with Crippen LogP contribution in [0.2, 0.25) is 0 Å². The molecule has 0 aromatic heterocycles. The fraction of sp³-hybridized carbons (Fsp3) is 0.125. The summed E-state index contributed by atoms with van der Waals surface area (Å²) in [5.41, 5.74) is 4.89. The van der Waals surface area contributed by atoms with E-state index in [0.717, 1.165) is 16.8 Å². The molecule has 4 rings (SSSR count). The number of carbonyl (C=O) groups is 3. The maximum absolute atomic E-state index is 12.7. The molecule has 5 heteroatoms. The molecule has 5 nitrogen and oxygen atoms in total. The van der Waals surface area contributed by atoms with Gasteiger partial charge in [0.2, 0.25) is 0 Å². The van der Waals surface area contributed by atoms with E-state index in [1.165, 1.54) is 4.90 Å². The second kappa shape index (κ2) is 7.36. The molecule has 1 aliphatic rings. The van der Waals surface area contributed by atoms with E-state index in [4.69, 9.17) is 0 Å². The third-order valence-electron chi connectivity index (χ3n) is 5.04. The fourth-order valence-corrected chi connectivity index (χ4v) is 3.52. The van der Waals surface area contributed by atoms with Gasteiger partial charge in [-0.1, -0.05) is 42.0 Å². The van der Waals surface area contributed by atoms with Gasteiger partial charge in [-0.25, -0.2) is 0 Å². The number of anilines is 1. The van der Waals surface area contributed by atoms with Crippen LogP contribution in [-0.2, 0) is 6.54 Å². The van der Waals surface area contributed by atoms with Crippen molar-refractivity contribution in [1.29, 1.82) is 0 Å². The Kier molecular flexibility index (Phi) is 4.72. The van der Waals surface area contributed by atoms with Gasteiger partial charge in [-0.15, -0.1) is 0 Å². The average Bonchev–Trinajstić information content (AvgIpc) is 2.95. The molecule has 3 aromatic carbocycles. The lowest BCUT2D eigenvalue weighted by Crippen LogP contribution is -2.29. The third kappa shape index (κ3) is 3.55. The van der Waals surface area contributed by atoms with Crippen LogP contribution in [0.25, 0.3) is 0 Å². The van der Waals surface area contributed by atoms with Gasteiger partial charge in [0.1, 0.15) is 0 Å². The summed E-state index contributed by atoms with van der Waals surface area (Å²) in [6.45, 7) is 4.07. The molecule has 0 radical (unpaired) electrons. The molecule has 0 saturated carbocycles. The standard InChI is InChI=1S/C24H20N2O3/c1-15-10-11-21(16(2)12-15)25-22(27)18-7-5-6-17(13-18)14-26-23(28)19-8-3-4-9-20(19)24(26)29/h3-13H,14H2,1-2H3,(H,25,27). The highest BCUT2D eigenvalue weighted by Crippen LogP contribution is 2.24. The number of nitrogens with zero attached hydrogens (tertiary/aromatic N) is 1. The Bertz CT molecular complexity index is 1120. The number of fused-ring (bicyclic) bond motifs is 1. The number of imide groups is 1. The summed E-state index contributed by atoms with van der Waals surface area (Å²) in [5.74, 6) is -0.854. The van der Waals surface area contributed by atoms with E-state index < -0.39 is 0 Å². The van der Waals surface area contributed by atoms with Crippen LogP contribution in [0.4, 0.5) is 5.69 Å². The van der Waals surface area contributed by atoms with Crippen molar-refractivity contribution in [3.63, 3.8) is 0 Å². The van der Waals surface area contributed by atoms with Gasteiger partial charge in [-0.3, -0.25) is 19.3 Å². The molecule has 1 N–H and O–H groups in total. The lowest BCUT2D eigenvalue weighted by atomic mass is 10.1. The van der Waals surface area contributed by atoms with Gasteiger partial charge in [0.25, 0.3) is 17.7 Å². The van der Waals surface area contributed by atoms with E-state index in [9.17, 15) is 14.4 Å². The lowest BCUT2D eigenvalue weighted by Gasteiger charge is -2.15. The van der Waals surface area contributed by atoms with Gasteiger partial charge >= 0.3 is 0 Å². The van der Waals surface area contributed by atoms with Crippen LogP contribution in [0.1, 0.15) is 47.8 Å². The number of aryl methyl sites for hydroxylation is 2. The molecule has 3 aromatic rings. The molecule has 144 valence electrons. The quantitative estimate of drug-likeness (QED) is 0.680. The van der Waals surface area contributed by atoms with Crippen molar-refractivity contribution in [3.05, 3.63) is 100 Å². The highest BCUT2D eigenvalue weighted by molar-refractivity contribution is 6.21. The number of nitrogens with one attached hydrogen (secondary N) is 1. The fourth-order valence-electron chi connectivity index (χ4n) is 3.52. The summed E-state index contributed by atoms with van der Waals surface area (Å²) in [6, 6.07) is 19.6. The van der Waals surface area contributed by atoms with Crippen molar-refractivity contribution < 1.29 is 14.4 Å². The lowest BCUT2D eigenvalue weighted by molar-refractivity contribution is 0.0642. The largest absolute Gasteiger partial charge is 0.322 e. The molecule has 0 aliphatic carbocycles. The molecule has 0 fully saturated rings. The third-order valence-corrected chi connectivity index (χ3v) is 5.04. The van der Waals surface area contributed by atoms with Gasteiger partial charge < -0.3 is 5.32 Å². The molecular formula is C24H20N2O3. The molecule has 0 atom stereocenters.